The highest BCUT2D eigenvalue weighted by molar-refractivity contribution is 7.91. The van der Waals surface area contributed by atoms with E-state index in [-0.39, 0.29) is 23.5 Å². The summed E-state index contributed by atoms with van der Waals surface area (Å²) >= 11 is 0. The van der Waals surface area contributed by atoms with Crippen LogP contribution in [-0.2, 0) is 9.84 Å². The SMILES string of the molecule is CCCN(CCC)c1ncc(C(=O)N(CC)C2CCS(=O)(=O)C2)cn1. The average Bonchev–Trinajstić information content (AvgIpc) is 2.95. The highest BCUT2D eigenvalue weighted by atomic mass is 32.2. The fourth-order valence-electron chi connectivity index (χ4n) is 3.20. The first-order valence-electron chi connectivity index (χ1n) is 9.00. The van der Waals surface area contributed by atoms with E-state index < -0.39 is 9.84 Å². The van der Waals surface area contributed by atoms with Crippen LogP contribution in [0.3, 0.4) is 0 Å². The van der Waals surface area contributed by atoms with Crippen LogP contribution < -0.4 is 4.90 Å². The predicted octanol–water partition coefficient (Wildman–Crippen LogP) is 1.75. The molecule has 140 valence electrons. The lowest BCUT2D eigenvalue weighted by molar-refractivity contribution is 0.0707. The third kappa shape index (κ3) is 4.90. The van der Waals surface area contributed by atoms with Crippen molar-refractivity contribution in [3.05, 3.63) is 18.0 Å². The van der Waals surface area contributed by atoms with Gasteiger partial charge in [0.05, 0.1) is 17.1 Å². The lowest BCUT2D eigenvalue weighted by Crippen LogP contribution is -2.41. The number of sulfone groups is 1. The van der Waals surface area contributed by atoms with Gasteiger partial charge < -0.3 is 9.80 Å². The Morgan fingerprint density at radius 2 is 1.76 bits per heavy atom. The molecule has 0 aliphatic carbocycles. The van der Waals surface area contributed by atoms with Crippen molar-refractivity contribution in [1.29, 1.82) is 0 Å². The highest BCUT2D eigenvalue weighted by Crippen LogP contribution is 2.20. The van der Waals surface area contributed by atoms with Gasteiger partial charge in [-0.2, -0.15) is 0 Å². The van der Waals surface area contributed by atoms with Gasteiger partial charge in [0.1, 0.15) is 0 Å². The van der Waals surface area contributed by atoms with Gasteiger partial charge in [-0.3, -0.25) is 4.79 Å². The summed E-state index contributed by atoms with van der Waals surface area (Å²) in [5.41, 5.74) is 0.405. The Bertz CT molecular complexity index is 670. The minimum Gasteiger partial charge on any atom is -0.341 e. The van der Waals surface area contributed by atoms with Crippen LogP contribution in [0, 0.1) is 0 Å². The molecule has 2 rings (SSSR count). The molecule has 1 aromatic heterocycles. The van der Waals surface area contributed by atoms with Crippen molar-refractivity contribution in [1.82, 2.24) is 14.9 Å². The quantitative estimate of drug-likeness (QED) is 0.695. The molecule has 0 saturated carbocycles. The van der Waals surface area contributed by atoms with E-state index in [1.54, 1.807) is 17.3 Å². The largest absolute Gasteiger partial charge is 0.341 e. The third-order valence-electron chi connectivity index (χ3n) is 4.41. The van der Waals surface area contributed by atoms with Gasteiger partial charge in [0, 0.05) is 38.1 Å². The lowest BCUT2D eigenvalue weighted by Gasteiger charge is -2.27. The number of hydrogen-bond donors (Lipinski definition) is 0. The van der Waals surface area contributed by atoms with Crippen LogP contribution >= 0.6 is 0 Å². The van der Waals surface area contributed by atoms with Crippen molar-refractivity contribution in [3.63, 3.8) is 0 Å². The summed E-state index contributed by atoms with van der Waals surface area (Å²) in [4.78, 5) is 25.2. The topological polar surface area (TPSA) is 83.5 Å². The normalized spacial score (nSPS) is 18.9. The Balaban J connectivity index is 2.13. The van der Waals surface area contributed by atoms with E-state index in [4.69, 9.17) is 0 Å². The van der Waals surface area contributed by atoms with Gasteiger partial charge in [-0.05, 0) is 26.2 Å². The minimum absolute atomic E-state index is 0.0479. The third-order valence-corrected chi connectivity index (χ3v) is 6.16. The van der Waals surface area contributed by atoms with Crippen LogP contribution in [0.15, 0.2) is 12.4 Å². The molecule has 0 radical (unpaired) electrons. The maximum Gasteiger partial charge on any atom is 0.257 e. The standard InChI is InChI=1S/C17H28N4O3S/c1-4-8-20(9-5-2)17-18-11-14(12-19-17)16(22)21(6-3)15-7-10-25(23,24)13-15/h11-12,15H,4-10,13H2,1-3H3. The molecule has 1 amide bonds. The molecule has 1 fully saturated rings. The van der Waals surface area contributed by atoms with E-state index in [1.165, 1.54) is 0 Å². The molecule has 1 unspecified atom stereocenters. The van der Waals surface area contributed by atoms with Crippen molar-refractivity contribution < 1.29 is 13.2 Å². The second kappa shape index (κ2) is 8.60. The Labute approximate surface area is 150 Å². The number of nitrogens with zero attached hydrogens (tertiary/aromatic N) is 4. The first kappa shape index (κ1) is 19.6. The van der Waals surface area contributed by atoms with Gasteiger partial charge in [0.25, 0.3) is 5.91 Å². The van der Waals surface area contributed by atoms with Crippen LogP contribution in [0.25, 0.3) is 0 Å². The lowest BCUT2D eigenvalue weighted by atomic mass is 10.2. The zero-order chi connectivity index (χ0) is 18.4. The van der Waals surface area contributed by atoms with Crippen LogP contribution in [0.5, 0.6) is 0 Å². The maximum absolute atomic E-state index is 12.7. The van der Waals surface area contributed by atoms with Gasteiger partial charge >= 0.3 is 0 Å². The van der Waals surface area contributed by atoms with Gasteiger partial charge in [-0.25, -0.2) is 18.4 Å². The summed E-state index contributed by atoms with van der Waals surface area (Å²) in [7, 11) is -3.03. The smallest absolute Gasteiger partial charge is 0.257 e. The maximum atomic E-state index is 12.7. The molecule has 7 nitrogen and oxygen atoms in total. The molecule has 8 heteroatoms. The average molecular weight is 369 g/mol. The fraction of sp³-hybridized carbons (Fsp3) is 0.706. The summed E-state index contributed by atoms with van der Waals surface area (Å²) in [6.07, 6.45) is 5.61. The van der Waals surface area contributed by atoms with Crippen molar-refractivity contribution in [2.24, 2.45) is 0 Å². The van der Waals surface area contributed by atoms with Gasteiger partial charge in [-0.15, -0.1) is 0 Å². The zero-order valence-corrected chi connectivity index (χ0v) is 16.1. The zero-order valence-electron chi connectivity index (χ0n) is 15.3. The Morgan fingerprint density at radius 3 is 2.20 bits per heavy atom. The van der Waals surface area contributed by atoms with Gasteiger partial charge in [-0.1, -0.05) is 13.8 Å². The number of aromatic nitrogens is 2. The van der Waals surface area contributed by atoms with Crippen LogP contribution in [0.2, 0.25) is 0 Å². The van der Waals surface area contributed by atoms with Crippen molar-refractivity contribution >= 4 is 21.7 Å². The molecule has 1 atom stereocenters. The molecular formula is C17H28N4O3S. The summed E-state index contributed by atoms with van der Waals surface area (Å²) in [6.45, 7) is 8.30. The Hall–Kier alpha value is -1.70. The number of carbonyl (C=O) groups excluding carboxylic acids is 1. The molecule has 1 saturated heterocycles. The van der Waals surface area contributed by atoms with Crippen LogP contribution in [0.4, 0.5) is 5.95 Å². The molecule has 0 spiro atoms. The number of rotatable bonds is 8. The fourth-order valence-corrected chi connectivity index (χ4v) is 4.93. The van der Waals surface area contributed by atoms with E-state index >= 15 is 0 Å². The van der Waals surface area contributed by atoms with Crippen LogP contribution in [-0.4, -0.2) is 66.4 Å². The first-order chi connectivity index (χ1) is 11.9. The summed E-state index contributed by atoms with van der Waals surface area (Å²) in [5, 5.41) is 0. The van der Waals surface area contributed by atoms with Crippen molar-refractivity contribution in [2.75, 3.05) is 36.0 Å². The van der Waals surface area contributed by atoms with E-state index in [0.717, 1.165) is 25.9 Å². The second-order valence-electron chi connectivity index (χ2n) is 6.41. The monoisotopic (exact) mass is 368 g/mol. The van der Waals surface area contributed by atoms with Crippen molar-refractivity contribution in [2.45, 2.75) is 46.1 Å². The number of amides is 1. The van der Waals surface area contributed by atoms with E-state index in [1.807, 2.05) is 6.92 Å². The highest BCUT2D eigenvalue weighted by Gasteiger charge is 2.34. The molecule has 0 bridgehead atoms. The van der Waals surface area contributed by atoms with Crippen molar-refractivity contribution in [3.8, 4) is 0 Å². The molecular weight excluding hydrogens is 340 g/mol. The number of hydrogen-bond acceptors (Lipinski definition) is 6. The molecule has 1 aromatic rings. The van der Waals surface area contributed by atoms with E-state index in [0.29, 0.717) is 24.5 Å². The summed E-state index contributed by atoms with van der Waals surface area (Å²) in [6, 6.07) is -0.251. The first-order valence-corrected chi connectivity index (χ1v) is 10.8. The number of anilines is 1. The molecule has 0 aromatic carbocycles. The van der Waals surface area contributed by atoms with Gasteiger partial charge in [0.2, 0.25) is 5.95 Å². The van der Waals surface area contributed by atoms with E-state index in [9.17, 15) is 13.2 Å². The summed E-state index contributed by atoms with van der Waals surface area (Å²) < 4.78 is 23.4. The molecule has 25 heavy (non-hydrogen) atoms. The number of carbonyl (C=O) groups is 1. The van der Waals surface area contributed by atoms with Gasteiger partial charge in [0.15, 0.2) is 9.84 Å². The van der Waals surface area contributed by atoms with Crippen LogP contribution in [0.1, 0.15) is 50.4 Å². The molecule has 1 aliphatic rings. The second-order valence-corrected chi connectivity index (χ2v) is 8.64. The Morgan fingerprint density at radius 1 is 1.16 bits per heavy atom. The molecule has 0 N–H and O–H groups in total. The molecule has 2 heterocycles. The summed E-state index contributed by atoms with van der Waals surface area (Å²) in [5.74, 6) is 0.632. The molecule has 1 aliphatic heterocycles. The Kier molecular flexibility index (Phi) is 6.75. The predicted molar refractivity (Wildman–Crippen MR) is 98.6 cm³/mol. The van der Waals surface area contributed by atoms with E-state index in [2.05, 4.69) is 28.7 Å². The minimum atomic E-state index is -3.03.